The first-order valence-electron chi connectivity index (χ1n) is 7.66. The minimum atomic E-state index is -0.609. The highest BCUT2D eigenvalue weighted by molar-refractivity contribution is 7.99. The Morgan fingerprint density at radius 3 is 2.74 bits per heavy atom. The van der Waals surface area contributed by atoms with E-state index >= 15 is 0 Å². The molecule has 1 N–H and O–H groups in total. The quantitative estimate of drug-likeness (QED) is 0.380. The van der Waals surface area contributed by atoms with Crippen molar-refractivity contribution < 1.29 is 9.72 Å². The average molecular weight is 405 g/mol. The number of halogens is 1. The number of rotatable bonds is 6. The van der Waals surface area contributed by atoms with Gasteiger partial charge >= 0.3 is 0 Å². The molecule has 1 heterocycles. The van der Waals surface area contributed by atoms with Crippen LogP contribution in [0.2, 0.25) is 5.02 Å². The van der Waals surface area contributed by atoms with E-state index in [1.54, 1.807) is 0 Å². The molecule has 11 heteroatoms. The number of hydrogen-bond acceptors (Lipinski definition) is 7. The van der Waals surface area contributed by atoms with Crippen molar-refractivity contribution in [3.05, 3.63) is 63.2 Å². The lowest BCUT2D eigenvalue weighted by Gasteiger charge is -2.06. The predicted octanol–water partition coefficient (Wildman–Crippen LogP) is 3.26. The fraction of sp³-hybridized carbons (Fsp3) is 0.125. The van der Waals surface area contributed by atoms with Crippen molar-refractivity contribution in [1.82, 2.24) is 20.2 Å². The van der Waals surface area contributed by atoms with Crippen LogP contribution in [-0.4, -0.2) is 36.8 Å². The molecule has 0 aliphatic carbocycles. The maximum atomic E-state index is 12.2. The van der Waals surface area contributed by atoms with Crippen LogP contribution in [0.4, 0.5) is 11.4 Å². The van der Waals surface area contributed by atoms with E-state index in [4.69, 9.17) is 11.6 Å². The van der Waals surface area contributed by atoms with Crippen LogP contribution in [0.5, 0.6) is 0 Å². The summed E-state index contributed by atoms with van der Waals surface area (Å²) in [7, 11) is 0. The number of tetrazole rings is 1. The molecule has 0 saturated carbocycles. The fourth-order valence-corrected chi connectivity index (χ4v) is 3.05. The van der Waals surface area contributed by atoms with Gasteiger partial charge in [-0.3, -0.25) is 14.9 Å². The molecule has 0 aliphatic heterocycles. The second-order valence-electron chi connectivity index (χ2n) is 5.47. The van der Waals surface area contributed by atoms with Gasteiger partial charge in [0.15, 0.2) is 0 Å². The number of anilines is 1. The Hall–Kier alpha value is -2.98. The van der Waals surface area contributed by atoms with Crippen LogP contribution in [-0.2, 0) is 4.79 Å². The van der Waals surface area contributed by atoms with Gasteiger partial charge in [-0.25, -0.2) is 0 Å². The summed E-state index contributed by atoms with van der Waals surface area (Å²) >= 11 is 6.91. The van der Waals surface area contributed by atoms with Crippen molar-refractivity contribution in [3.8, 4) is 5.69 Å². The zero-order valence-electron chi connectivity index (χ0n) is 14.0. The highest BCUT2D eigenvalue weighted by atomic mass is 35.5. The van der Waals surface area contributed by atoms with Gasteiger partial charge in [0.05, 0.1) is 16.4 Å². The van der Waals surface area contributed by atoms with Crippen molar-refractivity contribution in [1.29, 1.82) is 0 Å². The highest BCUT2D eigenvalue weighted by Gasteiger charge is 2.15. The molecule has 138 valence electrons. The topological polar surface area (TPSA) is 116 Å². The van der Waals surface area contributed by atoms with Gasteiger partial charge in [0, 0.05) is 11.8 Å². The zero-order valence-corrected chi connectivity index (χ0v) is 15.6. The Labute approximate surface area is 162 Å². The van der Waals surface area contributed by atoms with Crippen LogP contribution in [0.3, 0.4) is 0 Å². The van der Waals surface area contributed by atoms with Crippen LogP contribution in [0.25, 0.3) is 5.69 Å². The average Bonchev–Trinajstić information content (AvgIpc) is 3.10. The van der Waals surface area contributed by atoms with Gasteiger partial charge in [0.25, 0.3) is 5.69 Å². The summed E-state index contributed by atoms with van der Waals surface area (Å²) in [5.41, 5.74) is 1.90. The summed E-state index contributed by atoms with van der Waals surface area (Å²) in [6, 6.07) is 11.7. The summed E-state index contributed by atoms with van der Waals surface area (Å²) in [6.07, 6.45) is 0. The van der Waals surface area contributed by atoms with Crippen molar-refractivity contribution in [2.24, 2.45) is 0 Å². The van der Waals surface area contributed by atoms with Crippen molar-refractivity contribution in [2.45, 2.75) is 12.1 Å². The van der Waals surface area contributed by atoms with E-state index in [0.29, 0.717) is 5.16 Å². The second kappa shape index (κ2) is 8.14. The minimum Gasteiger partial charge on any atom is -0.325 e. The zero-order chi connectivity index (χ0) is 19.4. The van der Waals surface area contributed by atoms with Gasteiger partial charge in [0.1, 0.15) is 5.02 Å². The Kier molecular flexibility index (Phi) is 5.67. The van der Waals surface area contributed by atoms with Gasteiger partial charge in [-0.05, 0) is 41.6 Å². The van der Waals surface area contributed by atoms with Gasteiger partial charge in [-0.15, -0.1) is 5.10 Å². The lowest BCUT2D eigenvalue weighted by atomic mass is 10.2. The summed E-state index contributed by atoms with van der Waals surface area (Å²) in [4.78, 5) is 22.5. The second-order valence-corrected chi connectivity index (χ2v) is 6.82. The molecule has 0 radical (unpaired) electrons. The number of amides is 1. The summed E-state index contributed by atoms with van der Waals surface area (Å²) in [5.74, 6) is -0.321. The van der Waals surface area contributed by atoms with E-state index in [9.17, 15) is 14.9 Å². The molecule has 0 unspecified atom stereocenters. The van der Waals surface area contributed by atoms with Crippen molar-refractivity contribution >= 4 is 40.6 Å². The van der Waals surface area contributed by atoms with E-state index in [-0.39, 0.29) is 28.1 Å². The number of aryl methyl sites for hydroxylation is 1. The van der Waals surface area contributed by atoms with Crippen LogP contribution in [0, 0.1) is 17.0 Å². The maximum absolute atomic E-state index is 12.2. The minimum absolute atomic E-state index is 0.00430. The summed E-state index contributed by atoms with van der Waals surface area (Å²) in [6.45, 7) is 1.98. The molecular weight excluding hydrogens is 392 g/mol. The number of benzene rings is 2. The first-order valence-corrected chi connectivity index (χ1v) is 9.02. The molecule has 1 amide bonds. The van der Waals surface area contributed by atoms with E-state index in [2.05, 4.69) is 20.8 Å². The SMILES string of the molecule is Cc1ccc(-n2nnnc2SCC(=O)Nc2ccc(Cl)c([N+](=O)[O-])c2)cc1. The normalized spacial score (nSPS) is 10.6. The molecule has 27 heavy (non-hydrogen) atoms. The number of nitro benzene ring substituents is 1. The van der Waals surface area contributed by atoms with Crippen LogP contribution < -0.4 is 5.32 Å². The lowest BCUT2D eigenvalue weighted by Crippen LogP contribution is -2.14. The van der Waals surface area contributed by atoms with E-state index in [0.717, 1.165) is 23.0 Å². The fourth-order valence-electron chi connectivity index (χ4n) is 2.17. The number of nitrogens with zero attached hydrogens (tertiary/aromatic N) is 5. The maximum Gasteiger partial charge on any atom is 0.289 e. The number of hydrogen-bond donors (Lipinski definition) is 1. The number of carbonyl (C=O) groups excluding carboxylic acids is 1. The molecule has 1 aromatic heterocycles. The third-order valence-electron chi connectivity index (χ3n) is 3.48. The van der Waals surface area contributed by atoms with E-state index in [1.165, 1.54) is 22.9 Å². The molecule has 0 bridgehead atoms. The molecule has 0 spiro atoms. The number of thioether (sulfide) groups is 1. The van der Waals surface area contributed by atoms with Gasteiger partial charge in [0.2, 0.25) is 11.1 Å². The lowest BCUT2D eigenvalue weighted by molar-refractivity contribution is -0.384. The molecule has 3 aromatic rings. The number of nitro groups is 1. The smallest absolute Gasteiger partial charge is 0.289 e. The molecule has 2 aromatic carbocycles. The summed E-state index contributed by atoms with van der Waals surface area (Å²) < 4.78 is 1.53. The monoisotopic (exact) mass is 404 g/mol. The largest absolute Gasteiger partial charge is 0.325 e. The molecule has 0 aliphatic rings. The molecule has 0 saturated heterocycles. The Bertz CT molecular complexity index is 992. The van der Waals surface area contributed by atoms with Gasteiger partial charge in [-0.1, -0.05) is 41.1 Å². The number of aromatic nitrogens is 4. The Morgan fingerprint density at radius 2 is 2.04 bits per heavy atom. The molecule has 0 fully saturated rings. The van der Waals surface area contributed by atoms with Crippen LogP contribution in [0.1, 0.15) is 5.56 Å². The van der Waals surface area contributed by atoms with Crippen LogP contribution in [0.15, 0.2) is 47.6 Å². The predicted molar refractivity (Wildman–Crippen MR) is 101 cm³/mol. The van der Waals surface area contributed by atoms with Crippen molar-refractivity contribution in [2.75, 3.05) is 11.1 Å². The van der Waals surface area contributed by atoms with Crippen molar-refractivity contribution in [3.63, 3.8) is 0 Å². The Morgan fingerprint density at radius 1 is 1.30 bits per heavy atom. The summed E-state index contributed by atoms with van der Waals surface area (Å²) in [5, 5.41) is 25.5. The standard InChI is InChI=1S/C16H13ClN6O3S/c1-10-2-5-12(6-3-10)22-16(19-20-21-22)27-9-15(24)18-11-4-7-13(17)14(8-11)23(25)26/h2-8H,9H2,1H3,(H,18,24). The van der Waals surface area contributed by atoms with E-state index in [1.807, 2.05) is 31.2 Å². The molecule has 0 atom stereocenters. The first kappa shape index (κ1) is 18.8. The van der Waals surface area contributed by atoms with E-state index < -0.39 is 4.92 Å². The Balaban J connectivity index is 1.65. The molecule has 9 nitrogen and oxygen atoms in total. The van der Waals surface area contributed by atoms with Crippen LogP contribution >= 0.6 is 23.4 Å². The molecule has 3 rings (SSSR count). The van der Waals surface area contributed by atoms with Gasteiger partial charge < -0.3 is 5.32 Å². The third-order valence-corrected chi connectivity index (χ3v) is 4.72. The molecular formula is C16H13ClN6O3S. The highest BCUT2D eigenvalue weighted by Crippen LogP contribution is 2.27. The third kappa shape index (κ3) is 4.60. The number of nitrogens with one attached hydrogen (secondary N) is 1. The first-order chi connectivity index (χ1) is 12.9. The number of carbonyl (C=O) groups is 1. The van der Waals surface area contributed by atoms with Gasteiger partial charge in [-0.2, -0.15) is 4.68 Å².